The van der Waals surface area contributed by atoms with E-state index in [2.05, 4.69) is 18.9 Å². The summed E-state index contributed by atoms with van der Waals surface area (Å²) < 4.78 is 1.96. The summed E-state index contributed by atoms with van der Waals surface area (Å²) in [5, 5.41) is 13.5. The van der Waals surface area contributed by atoms with E-state index in [1.54, 1.807) is 0 Å². The van der Waals surface area contributed by atoms with Crippen LogP contribution in [0.15, 0.2) is 12.3 Å². The number of carboxylic acid groups (broad SMARTS) is 1. The lowest BCUT2D eigenvalue weighted by atomic mass is 10.1. The van der Waals surface area contributed by atoms with Gasteiger partial charge in [-0.3, -0.25) is 14.4 Å². The van der Waals surface area contributed by atoms with Crippen molar-refractivity contribution in [2.24, 2.45) is 5.92 Å². The van der Waals surface area contributed by atoms with Crippen molar-refractivity contribution in [1.82, 2.24) is 14.7 Å². The number of hydrogen-bond donors (Lipinski definition) is 1. The largest absolute Gasteiger partial charge is 0.480 e. The number of rotatable bonds is 5. The Hall–Kier alpha value is -1.36. The predicted molar refractivity (Wildman–Crippen MR) is 68.2 cm³/mol. The molecule has 0 radical (unpaired) electrons. The van der Waals surface area contributed by atoms with Gasteiger partial charge in [0, 0.05) is 12.7 Å². The fraction of sp³-hybridized carbons (Fsp3) is 0.692. The first kappa shape index (κ1) is 13.1. The summed E-state index contributed by atoms with van der Waals surface area (Å²) in [7, 11) is 0. The molecule has 0 amide bonds. The third-order valence-corrected chi connectivity index (χ3v) is 3.26. The number of likely N-dealkylation sites (tertiary alicyclic amines) is 1. The van der Waals surface area contributed by atoms with Crippen LogP contribution in [0.5, 0.6) is 0 Å². The van der Waals surface area contributed by atoms with Gasteiger partial charge in [-0.25, -0.2) is 0 Å². The third kappa shape index (κ3) is 3.10. The zero-order chi connectivity index (χ0) is 13.1. The Morgan fingerprint density at radius 1 is 1.61 bits per heavy atom. The zero-order valence-electron chi connectivity index (χ0n) is 11.0. The van der Waals surface area contributed by atoms with E-state index < -0.39 is 5.97 Å². The van der Waals surface area contributed by atoms with Gasteiger partial charge in [-0.15, -0.1) is 0 Å². The van der Waals surface area contributed by atoms with Crippen LogP contribution in [-0.2, 0) is 11.3 Å². The lowest BCUT2D eigenvalue weighted by molar-refractivity contribution is -0.138. The second-order valence-corrected chi connectivity index (χ2v) is 5.38. The molecule has 1 saturated heterocycles. The standard InChI is InChI=1S/C13H21N3O2/c1-10(2)8-16-7-5-11(14-16)12-4-3-6-15(12)9-13(17)18/h5,7,10,12H,3-4,6,8-9H2,1-2H3,(H,17,18)/t12-/m0/s1. The molecule has 5 heteroatoms. The second kappa shape index (κ2) is 5.52. The maximum atomic E-state index is 10.8. The monoisotopic (exact) mass is 251 g/mol. The summed E-state index contributed by atoms with van der Waals surface area (Å²) in [6.45, 7) is 6.20. The van der Waals surface area contributed by atoms with E-state index in [0.29, 0.717) is 5.92 Å². The smallest absolute Gasteiger partial charge is 0.317 e. The summed E-state index contributed by atoms with van der Waals surface area (Å²) in [4.78, 5) is 12.8. The highest BCUT2D eigenvalue weighted by molar-refractivity contribution is 5.69. The molecule has 1 aromatic heterocycles. The molecular weight excluding hydrogens is 230 g/mol. The summed E-state index contributed by atoms with van der Waals surface area (Å²) in [5.74, 6) is -0.194. The minimum Gasteiger partial charge on any atom is -0.480 e. The lowest BCUT2D eigenvalue weighted by Gasteiger charge is -2.20. The Kier molecular flexibility index (Phi) is 4.01. The van der Waals surface area contributed by atoms with E-state index in [1.165, 1.54) is 0 Å². The zero-order valence-corrected chi connectivity index (χ0v) is 11.0. The van der Waals surface area contributed by atoms with Gasteiger partial charge in [-0.1, -0.05) is 13.8 Å². The van der Waals surface area contributed by atoms with Crippen molar-refractivity contribution < 1.29 is 9.90 Å². The number of carboxylic acids is 1. The Morgan fingerprint density at radius 2 is 2.39 bits per heavy atom. The van der Waals surface area contributed by atoms with Gasteiger partial charge in [0.2, 0.25) is 0 Å². The van der Waals surface area contributed by atoms with Gasteiger partial charge < -0.3 is 5.11 Å². The van der Waals surface area contributed by atoms with Crippen LogP contribution in [0.4, 0.5) is 0 Å². The molecule has 1 N–H and O–H groups in total. The van der Waals surface area contributed by atoms with Crippen LogP contribution in [0.1, 0.15) is 38.4 Å². The highest BCUT2D eigenvalue weighted by Crippen LogP contribution is 2.30. The molecule has 100 valence electrons. The van der Waals surface area contributed by atoms with E-state index in [1.807, 2.05) is 21.8 Å². The second-order valence-electron chi connectivity index (χ2n) is 5.38. The highest BCUT2D eigenvalue weighted by atomic mass is 16.4. The molecule has 0 unspecified atom stereocenters. The normalized spacial score (nSPS) is 20.7. The number of carbonyl (C=O) groups is 1. The molecule has 1 aromatic rings. The molecule has 2 rings (SSSR count). The third-order valence-electron chi connectivity index (χ3n) is 3.26. The van der Waals surface area contributed by atoms with Gasteiger partial charge >= 0.3 is 5.97 Å². The Balaban J connectivity index is 2.05. The molecule has 0 bridgehead atoms. The molecule has 18 heavy (non-hydrogen) atoms. The average molecular weight is 251 g/mol. The molecule has 0 saturated carbocycles. The maximum absolute atomic E-state index is 10.8. The van der Waals surface area contributed by atoms with E-state index >= 15 is 0 Å². The van der Waals surface area contributed by atoms with Gasteiger partial charge in [0.1, 0.15) is 0 Å². The number of hydrogen-bond acceptors (Lipinski definition) is 3. The van der Waals surface area contributed by atoms with E-state index in [9.17, 15) is 4.79 Å². The van der Waals surface area contributed by atoms with Gasteiger partial charge in [-0.05, 0) is 31.4 Å². The van der Waals surface area contributed by atoms with E-state index in [4.69, 9.17) is 5.11 Å². The van der Waals surface area contributed by atoms with Crippen LogP contribution < -0.4 is 0 Å². The molecule has 5 nitrogen and oxygen atoms in total. The van der Waals surface area contributed by atoms with Gasteiger partial charge in [-0.2, -0.15) is 5.10 Å². The average Bonchev–Trinajstić information content (AvgIpc) is 2.85. The fourth-order valence-electron chi connectivity index (χ4n) is 2.55. The molecule has 1 atom stereocenters. The Bertz CT molecular complexity index is 414. The van der Waals surface area contributed by atoms with Crippen LogP contribution in [0.2, 0.25) is 0 Å². The summed E-state index contributed by atoms with van der Waals surface area (Å²) >= 11 is 0. The summed E-state index contributed by atoms with van der Waals surface area (Å²) in [6.07, 6.45) is 4.05. The molecule has 0 spiro atoms. The minimum absolute atomic E-state index is 0.113. The Morgan fingerprint density at radius 3 is 3.06 bits per heavy atom. The minimum atomic E-state index is -0.761. The van der Waals surface area contributed by atoms with Crippen molar-refractivity contribution in [1.29, 1.82) is 0 Å². The molecule has 1 aliphatic rings. The first-order valence-corrected chi connectivity index (χ1v) is 6.55. The van der Waals surface area contributed by atoms with Crippen LogP contribution in [0.3, 0.4) is 0 Å². The first-order chi connectivity index (χ1) is 8.56. The van der Waals surface area contributed by atoms with E-state index in [0.717, 1.165) is 31.6 Å². The molecule has 1 aliphatic heterocycles. The fourth-order valence-corrected chi connectivity index (χ4v) is 2.55. The molecule has 2 heterocycles. The first-order valence-electron chi connectivity index (χ1n) is 6.55. The van der Waals surface area contributed by atoms with Gasteiger partial charge in [0.25, 0.3) is 0 Å². The maximum Gasteiger partial charge on any atom is 0.317 e. The number of aromatic nitrogens is 2. The van der Waals surface area contributed by atoms with Gasteiger partial charge in [0.15, 0.2) is 0 Å². The van der Waals surface area contributed by atoms with Crippen molar-refractivity contribution >= 4 is 5.97 Å². The van der Waals surface area contributed by atoms with E-state index in [-0.39, 0.29) is 12.6 Å². The Labute approximate surface area is 107 Å². The SMILES string of the molecule is CC(C)Cn1ccc([C@@H]2CCCN2CC(=O)O)n1. The van der Waals surface area contributed by atoms with Crippen LogP contribution in [0.25, 0.3) is 0 Å². The van der Waals surface area contributed by atoms with Gasteiger partial charge in [0.05, 0.1) is 18.3 Å². The molecule has 0 aliphatic carbocycles. The highest BCUT2D eigenvalue weighted by Gasteiger charge is 2.29. The quantitative estimate of drug-likeness (QED) is 0.866. The number of aliphatic carboxylic acids is 1. The van der Waals surface area contributed by atoms with Crippen LogP contribution in [-0.4, -0.2) is 38.8 Å². The lowest BCUT2D eigenvalue weighted by Crippen LogP contribution is -2.29. The molecular formula is C13H21N3O2. The van der Waals surface area contributed by atoms with Crippen LogP contribution >= 0.6 is 0 Å². The predicted octanol–water partition coefficient (Wildman–Crippen LogP) is 1.76. The van der Waals surface area contributed by atoms with Crippen molar-refractivity contribution in [3.63, 3.8) is 0 Å². The summed E-state index contributed by atoms with van der Waals surface area (Å²) in [6, 6.07) is 2.20. The van der Waals surface area contributed by atoms with Crippen molar-refractivity contribution in [3.8, 4) is 0 Å². The topological polar surface area (TPSA) is 58.4 Å². The number of nitrogens with zero attached hydrogens (tertiary/aromatic N) is 3. The molecule has 1 fully saturated rings. The summed E-state index contributed by atoms with van der Waals surface area (Å²) in [5.41, 5.74) is 1.01. The molecule has 0 aromatic carbocycles. The van der Waals surface area contributed by atoms with Crippen LogP contribution in [0, 0.1) is 5.92 Å². The van der Waals surface area contributed by atoms with Crippen molar-refractivity contribution in [2.75, 3.05) is 13.1 Å². The van der Waals surface area contributed by atoms with Crippen molar-refractivity contribution in [2.45, 2.75) is 39.3 Å². The van der Waals surface area contributed by atoms with Crippen molar-refractivity contribution in [3.05, 3.63) is 18.0 Å².